The number of rotatable bonds is 6. The Labute approximate surface area is 173 Å². The molecule has 2 amide bonds. The van der Waals surface area contributed by atoms with Crippen LogP contribution in [0.1, 0.15) is 38.4 Å². The smallest absolute Gasteiger partial charge is 0.265 e. The summed E-state index contributed by atoms with van der Waals surface area (Å²) in [7, 11) is 0. The monoisotopic (exact) mass is 406 g/mol. The van der Waals surface area contributed by atoms with Gasteiger partial charge in [0.15, 0.2) is 0 Å². The number of hydrogen-bond acceptors (Lipinski definition) is 5. The van der Waals surface area contributed by atoms with Crippen molar-refractivity contribution in [1.82, 2.24) is 10.3 Å². The molecule has 2 aromatic heterocycles. The van der Waals surface area contributed by atoms with E-state index < -0.39 is 0 Å². The van der Waals surface area contributed by atoms with Crippen molar-refractivity contribution in [1.29, 1.82) is 0 Å². The molecule has 0 atom stereocenters. The molecule has 4 rings (SSSR count). The zero-order valence-electron chi connectivity index (χ0n) is 15.9. The van der Waals surface area contributed by atoms with Gasteiger partial charge in [-0.2, -0.15) is 0 Å². The van der Waals surface area contributed by atoms with Crippen molar-refractivity contribution in [3.63, 3.8) is 0 Å². The highest BCUT2D eigenvalue weighted by Crippen LogP contribution is 2.18. The fourth-order valence-electron chi connectivity index (χ4n) is 3.24. The molecule has 0 unspecified atom stereocenters. The highest BCUT2D eigenvalue weighted by molar-refractivity contribution is 7.12. The summed E-state index contributed by atoms with van der Waals surface area (Å²) in [5.74, 6) is 0.685. The maximum Gasteiger partial charge on any atom is 0.265 e. The summed E-state index contributed by atoms with van der Waals surface area (Å²) < 4.78 is 0. The molecule has 0 saturated carbocycles. The maximum atomic E-state index is 12.4. The minimum absolute atomic E-state index is 0.151. The largest absolute Gasteiger partial charge is 0.357 e. The number of benzene rings is 1. The Morgan fingerprint density at radius 2 is 1.79 bits per heavy atom. The summed E-state index contributed by atoms with van der Waals surface area (Å²) in [6.45, 7) is 2.54. The van der Waals surface area contributed by atoms with E-state index in [0.717, 1.165) is 24.5 Å². The van der Waals surface area contributed by atoms with Gasteiger partial charge in [-0.25, -0.2) is 4.98 Å². The highest BCUT2D eigenvalue weighted by atomic mass is 32.1. The molecule has 148 valence electrons. The first kappa shape index (κ1) is 19.1. The average molecular weight is 407 g/mol. The molecule has 7 heteroatoms. The molecule has 1 aliphatic heterocycles. The third-order valence-corrected chi connectivity index (χ3v) is 5.71. The SMILES string of the molecule is O=C(NCc1ccc(N2CCCC2)nc1)c1ccc(NC(=O)c2cccs2)cc1. The van der Waals surface area contributed by atoms with E-state index in [0.29, 0.717) is 22.7 Å². The standard InChI is InChI=1S/C22H22N4O2S/c27-21(24-15-16-5-10-20(23-14-16)26-11-1-2-12-26)17-6-8-18(9-7-17)25-22(28)19-4-3-13-29-19/h3-10,13-14H,1-2,11-12,15H2,(H,24,27)(H,25,28). The number of aromatic nitrogens is 1. The predicted octanol–water partition coefficient (Wildman–Crippen LogP) is 3.93. The van der Waals surface area contributed by atoms with E-state index in [1.165, 1.54) is 24.2 Å². The number of anilines is 2. The van der Waals surface area contributed by atoms with Crippen LogP contribution in [-0.4, -0.2) is 29.9 Å². The van der Waals surface area contributed by atoms with E-state index in [-0.39, 0.29) is 11.8 Å². The molecule has 0 bridgehead atoms. The van der Waals surface area contributed by atoms with Gasteiger partial charge in [0.25, 0.3) is 11.8 Å². The molecule has 6 nitrogen and oxygen atoms in total. The lowest BCUT2D eigenvalue weighted by molar-refractivity contribution is 0.0950. The van der Waals surface area contributed by atoms with Crippen molar-refractivity contribution in [3.05, 3.63) is 76.1 Å². The lowest BCUT2D eigenvalue weighted by Crippen LogP contribution is -2.23. The summed E-state index contributed by atoms with van der Waals surface area (Å²) in [5.41, 5.74) is 2.16. The number of pyridine rings is 1. The molecular formula is C22H22N4O2S. The second kappa shape index (κ2) is 8.87. The molecule has 1 saturated heterocycles. The lowest BCUT2D eigenvalue weighted by Gasteiger charge is -2.16. The van der Waals surface area contributed by atoms with E-state index in [1.54, 1.807) is 30.3 Å². The third-order valence-electron chi connectivity index (χ3n) is 4.84. The Hall–Kier alpha value is -3.19. The Bertz CT molecular complexity index is 963. The van der Waals surface area contributed by atoms with E-state index in [2.05, 4.69) is 20.5 Å². The first-order valence-corrected chi connectivity index (χ1v) is 10.5. The van der Waals surface area contributed by atoms with Crippen molar-refractivity contribution in [3.8, 4) is 0 Å². The lowest BCUT2D eigenvalue weighted by atomic mass is 10.2. The van der Waals surface area contributed by atoms with Crippen molar-refractivity contribution >= 4 is 34.7 Å². The van der Waals surface area contributed by atoms with Gasteiger partial charge < -0.3 is 15.5 Å². The molecular weight excluding hydrogens is 384 g/mol. The summed E-state index contributed by atoms with van der Waals surface area (Å²) in [6.07, 6.45) is 4.25. The fourth-order valence-corrected chi connectivity index (χ4v) is 3.86. The minimum atomic E-state index is -0.162. The van der Waals surface area contributed by atoms with Crippen LogP contribution in [0.25, 0.3) is 0 Å². The first-order chi connectivity index (χ1) is 14.2. The van der Waals surface area contributed by atoms with Crippen molar-refractivity contribution < 1.29 is 9.59 Å². The van der Waals surface area contributed by atoms with E-state index in [4.69, 9.17) is 0 Å². The van der Waals surface area contributed by atoms with E-state index in [1.807, 2.05) is 29.8 Å². The molecule has 3 aromatic rings. The second-order valence-corrected chi connectivity index (χ2v) is 7.86. The van der Waals surface area contributed by atoms with Crippen LogP contribution in [-0.2, 0) is 6.54 Å². The average Bonchev–Trinajstić information content (AvgIpc) is 3.47. The maximum absolute atomic E-state index is 12.4. The van der Waals surface area contributed by atoms with Gasteiger partial charge in [-0.3, -0.25) is 9.59 Å². The Kier molecular flexibility index (Phi) is 5.86. The van der Waals surface area contributed by atoms with Crippen LogP contribution < -0.4 is 15.5 Å². The number of nitrogens with zero attached hydrogens (tertiary/aromatic N) is 2. The second-order valence-electron chi connectivity index (χ2n) is 6.91. The molecule has 29 heavy (non-hydrogen) atoms. The van der Waals surface area contributed by atoms with Gasteiger partial charge in [-0.1, -0.05) is 12.1 Å². The van der Waals surface area contributed by atoms with E-state index >= 15 is 0 Å². The zero-order valence-corrected chi connectivity index (χ0v) is 16.7. The van der Waals surface area contributed by atoms with Gasteiger partial charge in [0, 0.05) is 37.1 Å². The van der Waals surface area contributed by atoms with Crippen LogP contribution >= 0.6 is 11.3 Å². The molecule has 1 aromatic carbocycles. The minimum Gasteiger partial charge on any atom is -0.357 e. The molecule has 0 spiro atoms. The number of carbonyl (C=O) groups excluding carboxylic acids is 2. The van der Waals surface area contributed by atoms with Gasteiger partial charge in [0.1, 0.15) is 5.82 Å². The molecule has 3 heterocycles. The number of hydrogen-bond donors (Lipinski definition) is 2. The summed E-state index contributed by atoms with van der Waals surface area (Å²) in [5, 5.41) is 7.59. The summed E-state index contributed by atoms with van der Waals surface area (Å²) in [6, 6.07) is 14.5. The van der Waals surface area contributed by atoms with E-state index in [9.17, 15) is 9.59 Å². The van der Waals surface area contributed by atoms with Crippen LogP contribution in [0.5, 0.6) is 0 Å². The number of amides is 2. The summed E-state index contributed by atoms with van der Waals surface area (Å²) in [4.78, 5) is 31.9. The number of thiophene rings is 1. The molecule has 1 aliphatic rings. The van der Waals surface area contributed by atoms with Crippen molar-refractivity contribution in [2.75, 3.05) is 23.3 Å². The molecule has 0 aliphatic carbocycles. The Morgan fingerprint density at radius 1 is 1.00 bits per heavy atom. The topological polar surface area (TPSA) is 74.3 Å². The number of nitrogens with one attached hydrogen (secondary N) is 2. The van der Waals surface area contributed by atoms with Crippen LogP contribution in [0.15, 0.2) is 60.1 Å². The van der Waals surface area contributed by atoms with Crippen LogP contribution in [0, 0.1) is 0 Å². The van der Waals surface area contributed by atoms with Gasteiger partial charge in [-0.15, -0.1) is 11.3 Å². The number of carbonyl (C=O) groups is 2. The van der Waals surface area contributed by atoms with Crippen molar-refractivity contribution in [2.45, 2.75) is 19.4 Å². The first-order valence-electron chi connectivity index (χ1n) is 9.62. The molecule has 2 N–H and O–H groups in total. The highest BCUT2D eigenvalue weighted by Gasteiger charge is 2.13. The van der Waals surface area contributed by atoms with Crippen LogP contribution in [0.4, 0.5) is 11.5 Å². The van der Waals surface area contributed by atoms with Gasteiger partial charge in [0.05, 0.1) is 4.88 Å². The Morgan fingerprint density at radius 3 is 2.45 bits per heavy atom. The van der Waals surface area contributed by atoms with Crippen molar-refractivity contribution in [2.24, 2.45) is 0 Å². The molecule has 0 radical (unpaired) electrons. The quantitative estimate of drug-likeness (QED) is 0.651. The van der Waals surface area contributed by atoms with Crippen LogP contribution in [0.2, 0.25) is 0 Å². The predicted molar refractivity (Wildman–Crippen MR) is 116 cm³/mol. The third kappa shape index (κ3) is 4.81. The normalized spacial score (nSPS) is 13.3. The van der Waals surface area contributed by atoms with Gasteiger partial charge >= 0.3 is 0 Å². The fraction of sp³-hybridized carbons (Fsp3) is 0.227. The van der Waals surface area contributed by atoms with Gasteiger partial charge in [-0.05, 0) is 60.2 Å². The molecule has 1 fully saturated rings. The van der Waals surface area contributed by atoms with Crippen LogP contribution in [0.3, 0.4) is 0 Å². The van der Waals surface area contributed by atoms with Gasteiger partial charge in [0.2, 0.25) is 0 Å². The Balaban J connectivity index is 1.29. The summed E-state index contributed by atoms with van der Waals surface area (Å²) >= 11 is 1.39. The zero-order chi connectivity index (χ0) is 20.1.